The first kappa shape index (κ1) is 14.8. The third kappa shape index (κ3) is 11.7. The summed E-state index contributed by atoms with van der Waals surface area (Å²) in [6, 6.07) is 0. The number of thioether (sulfide) groups is 1. The lowest BCUT2D eigenvalue weighted by Crippen LogP contribution is -2.06. The Morgan fingerprint density at radius 2 is 1.53 bits per heavy atom. The molecule has 0 bridgehead atoms. The van der Waals surface area contributed by atoms with Crippen molar-refractivity contribution in [2.24, 2.45) is 10.7 Å². The second kappa shape index (κ2) is 11.9. The van der Waals surface area contributed by atoms with Crippen molar-refractivity contribution in [2.75, 3.05) is 12.8 Å². The molecule has 0 amide bonds. The quantitative estimate of drug-likeness (QED) is 0.372. The highest BCUT2D eigenvalue weighted by molar-refractivity contribution is 8.13. The second-order valence-electron chi connectivity index (χ2n) is 3.90. The lowest BCUT2D eigenvalue weighted by atomic mass is 10.1. The van der Waals surface area contributed by atoms with E-state index in [1.54, 1.807) is 0 Å². The SMILES string of the molecule is CCCCCCCCCCN=C(N)SC. The largest absolute Gasteiger partial charge is 0.379 e. The minimum absolute atomic E-state index is 0.720. The van der Waals surface area contributed by atoms with Gasteiger partial charge in [-0.05, 0) is 12.7 Å². The van der Waals surface area contributed by atoms with E-state index in [2.05, 4.69) is 11.9 Å². The van der Waals surface area contributed by atoms with Gasteiger partial charge in [-0.2, -0.15) is 0 Å². The molecule has 2 nitrogen and oxygen atoms in total. The highest BCUT2D eigenvalue weighted by Gasteiger charge is 1.91. The molecule has 0 unspecified atom stereocenters. The summed E-state index contributed by atoms with van der Waals surface area (Å²) in [5.41, 5.74) is 5.58. The van der Waals surface area contributed by atoms with Gasteiger partial charge in [-0.3, -0.25) is 4.99 Å². The van der Waals surface area contributed by atoms with Gasteiger partial charge in [0.1, 0.15) is 0 Å². The van der Waals surface area contributed by atoms with Crippen LogP contribution < -0.4 is 5.73 Å². The monoisotopic (exact) mass is 230 g/mol. The summed E-state index contributed by atoms with van der Waals surface area (Å²) in [7, 11) is 0. The Morgan fingerprint density at radius 1 is 1.00 bits per heavy atom. The van der Waals surface area contributed by atoms with Crippen molar-refractivity contribution in [3.63, 3.8) is 0 Å². The van der Waals surface area contributed by atoms with Gasteiger partial charge >= 0.3 is 0 Å². The maximum Gasteiger partial charge on any atom is 0.153 e. The molecule has 0 spiro atoms. The average molecular weight is 230 g/mol. The lowest BCUT2D eigenvalue weighted by molar-refractivity contribution is 0.578. The Hall–Kier alpha value is -0.180. The average Bonchev–Trinajstić information content (AvgIpc) is 2.26. The van der Waals surface area contributed by atoms with Crippen LogP contribution in [0.5, 0.6) is 0 Å². The van der Waals surface area contributed by atoms with Crippen molar-refractivity contribution in [2.45, 2.75) is 58.3 Å². The maximum atomic E-state index is 5.58. The van der Waals surface area contributed by atoms with E-state index < -0.39 is 0 Å². The Kier molecular flexibility index (Phi) is 11.7. The third-order valence-corrected chi connectivity index (χ3v) is 3.04. The summed E-state index contributed by atoms with van der Waals surface area (Å²) in [6.45, 7) is 3.16. The first-order valence-corrected chi connectivity index (χ1v) is 7.37. The van der Waals surface area contributed by atoms with Crippen LogP contribution in [0.3, 0.4) is 0 Å². The molecule has 0 aromatic carbocycles. The summed E-state index contributed by atoms with van der Waals surface area (Å²) in [6.07, 6.45) is 12.8. The predicted octanol–water partition coefficient (Wildman–Crippen LogP) is 3.80. The molecule has 0 aromatic rings. The van der Waals surface area contributed by atoms with E-state index in [4.69, 9.17) is 5.73 Å². The van der Waals surface area contributed by atoms with Gasteiger partial charge in [-0.1, -0.05) is 63.6 Å². The number of amidine groups is 1. The molecule has 2 N–H and O–H groups in total. The van der Waals surface area contributed by atoms with Crippen LogP contribution in [0.4, 0.5) is 0 Å². The molecule has 0 aliphatic heterocycles. The van der Waals surface area contributed by atoms with Crippen molar-refractivity contribution >= 4 is 16.9 Å². The van der Waals surface area contributed by atoms with Crippen LogP contribution in [0, 0.1) is 0 Å². The van der Waals surface area contributed by atoms with Gasteiger partial charge in [-0.15, -0.1) is 0 Å². The fourth-order valence-corrected chi connectivity index (χ4v) is 1.72. The van der Waals surface area contributed by atoms with Crippen molar-refractivity contribution in [1.29, 1.82) is 0 Å². The van der Waals surface area contributed by atoms with Crippen LogP contribution in [-0.2, 0) is 0 Å². The first-order chi connectivity index (χ1) is 7.31. The molecule has 0 saturated heterocycles. The van der Waals surface area contributed by atoms with Gasteiger partial charge in [0.2, 0.25) is 0 Å². The van der Waals surface area contributed by atoms with Gasteiger partial charge in [0, 0.05) is 6.54 Å². The number of unbranched alkanes of at least 4 members (excludes halogenated alkanes) is 7. The molecule has 0 atom stereocenters. The van der Waals surface area contributed by atoms with Crippen LogP contribution in [0.15, 0.2) is 4.99 Å². The molecule has 0 rings (SSSR count). The minimum Gasteiger partial charge on any atom is -0.379 e. The zero-order chi connectivity index (χ0) is 11.4. The normalized spacial score (nSPS) is 12.0. The number of nitrogens with two attached hydrogens (primary N) is 1. The molecule has 0 aliphatic carbocycles. The number of nitrogens with zero attached hydrogens (tertiary/aromatic N) is 1. The third-order valence-electron chi connectivity index (χ3n) is 2.49. The first-order valence-electron chi connectivity index (χ1n) is 6.15. The van der Waals surface area contributed by atoms with E-state index in [0.29, 0.717) is 0 Å². The fourth-order valence-electron chi connectivity index (χ4n) is 1.50. The summed E-state index contributed by atoms with van der Waals surface area (Å²) in [5, 5.41) is 0.720. The minimum atomic E-state index is 0.720. The highest BCUT2D eigenvalue weighted by Crippen LogP contribution is 2.08. The van der Waals surface area contributed by atoms with Crippen molar-refractivity contribution < 1.29 is 0 Å². The molecular formula is C12H26N2S. The molecule has 3 heteroatoms. The van der Waals surface area contributed by atoms with Crippen molar-refractivity contribution in [3.05, 3.63) is 0 Å². The highest BCUT2D eigenvalue weighted by atomic mass is 32.2. The maximum absolute atomic E-state index is 5.58. The molecule has 0 heterocycles. The molecule has 0 radical (unpaired) electrons. The zero-order valence-electron chi connectivity index (χ0n) is 10.3. The Balaban J connectivity index is 3.05. The Labute approximate surface area is 99.1 Å². The molecular weight excluding hydrogens is 204 g/mol. The van der Waals surface area contributed by atoms with Gasteiger partial charge in [0.15, 0.2) is 5.17 Å². The summed E-state index contributed by atoms with van der Waals surface area (Å²) >= 11 is 1.53. The second-order valence-corrected chi connectivity index (χ2v) is 4.73. The van der Waals surface area contributed by atoms with Crippen LogP contribution in [0.1, 0.15) is 58.3 Å². The van der Waals surface area contributed by atoms with Gasteiger partial charge in [0.05, 0.1) is 0 Å². The topological polar surface area (TPSA) is 38.4 Å². The van der Waals surface area contributed by atoms with E-state index >= 15 is 0 Å². The molecule has 0 saturated carbocycles. The van der Waals surface area contributed by atoms with Crippen LogP contribution in [0.2, 0.25) is 0 Å². The molecule has 0 aromatic heterocycles. The van der Waals surface area contributed by atoms with E-state index in [9.17, 15) is 0 Å². The molecule has 15 heavy (non-hydrogen) atoms. The molecule has 0 aliphatic rings. The lowest BCUT2D eigenvalue weighted by Gasteiger charge is -2.00. The van der Waals surface area contributed by atoms with Crippen molar-refractivity contribution in [1.82, 2.24) is 0 Å². The van der Waals surface area contributed by atoms with E-state index in [-0.39, 0.29) is 0 Å². The smallest absolute Gasteiger partial charge is 0.153 e. The van der Waals surface area contributed by atoms with Gasteiger partial charge in [-0.25, -0.2) is 0 Å². The zero-order valence-corrected chi connectivity index (χ0v) is 11.1. The Morgan fingerprint density at radius 3 is 2.07 bits per heavy atom. The number of hydrogen-bond acceptors (Lipinski definition) is 2. The summed E-state index contributed by atoms with van der Waals surface area (Å²) < 4.78 is 0. The van der Waals surface area contributed by atoms with Crippen molar-refractivity contribution in [3.8, 4) is 0 Å². The van der Waals surface area contributed by atoms with Gasteiger partial charge < -0.3 is 5.73 Å². The number of hydrogen-bond donors (Lipinski definition) is 1. The summed E-state index contributed by atoms with van der Waals surface area (Å²) in [4.78, 5) is 4.25. The van der Waals surface area contributed by atoms with E-state index in [0.717, 1.165) is 11.7 Å². The van der Waals surface area contributed by atoms with Crippen LogP contribution in [-0.4, -0.2) is 18.0 Å². The molecule has 90 valence electrons. The summed E-state index contributed by atoms with van der Waals surface area (Å²) in [5.74, 6) is 0. The number of aliphatic imine (C=N–C) groups is 1. The van der Waals surface area contributed by atoms with Crippen LogP contribution in [0.25, 0.3) is 0 Å². The van der Waals surface area contributed by atoms with Gasteiger partial charge in [0.25, 0.3) is 0 Å². The van der Waals surface area contributed by atoms with Crippen LogP contribution >= 0.6 is 11.8 Å². The van der Waals surface area contributed by atoms with E-state index in [1.165, 1.54) is 63.1 Å². The van der Waals surface area contributed by atoms with E-state index in [1.807, 2.05) is 6.26 Å². The standard InChI is InChI=1S/C12H26N2S/c1-3-4-5-6-7-8-9-10-11-14-12(13)15-2/h3-11H2,1-2H3,(H2,13,14). The fraction of sp³-hybridized carbons (Fsp3) is 0.917. The number of rotatable bonds is 9. The molecule has 0 fully saturated rings. The predicted molar refractivity (Wildman–Crippen MR) is 72.6 cm³/mol. The Bertz CT molecular complexity index is 158.